The van der Waals surface area contributed by atoms with Crippen LogP contribution in [-0.4, -0.2) is 40.5 Å². The lowest BCUT2D eigenvalue weighted by molar-refractivity contribution is 0.0952. The fourth-order valence-electron chi connectivity index (χ4n) is 3.32. The first-order valence-electron chi connectivity index (χ1n) is 9.88. The molecule has 1 aromatic heterocycles. The molecule has 6 nitrogen and oxygen atoms in total. The summed E-state index contributed by atoms with van der Waals surface area (Å²) in [6, 6.07) is 15.3. The maximum Gasteiger partial charge on any atom is 0.262 e. The summed E-state index contributed by atoms with van der Waals surface area (Å²) in [4.78, 5) is 30.3. The number of amides is 1. The van der Waals surface area contributed by atoms with Crippen molar-refractivity contribution in [2.75, 3.05) is 20.1 Å². The number of aromatic amines is 1. The van der Waals surface area contributed by atoms with Crippen molar-refractivity contribution in [2.45, 2.75) is 19.5 Å². The van der Waals surface area contributed by atoms with Crippen molar-refractivity contribution in [1.29, 1.82) is 0 Å². The predicted octanol–water partition coefficient (Wildman–Crippen LogP) is 3.50. The highest BCUT2D eigenvalue weighted by atomic mass is 32.1. The van der Waals surface area contributed by atoms with Gasteiger partial charge in [-0.1, -0.05) is 36.4 Å². The molecule has 2 N–H and O–H groups in total. The Balaban J connectivity index is 1.57. The van der Waals surface area contributed by atoms with Gasteiger partial charge in [-0.3, -0.25) is 14.2 Å². The zero-order valence-electron chi connectivity index (χ0n) is 17.1. The van der Waals surface area contributed by atoms with Crippen LogP contribution in [0.3, 0.4) is 0 Å². The molecule has 0 aliphatic rings. The molecule has 0 fully saturated rings. The third kappa shape index (κ3) is 5.31. The van der Waals surface area contributed by atoms with Crippen molar-refractivity contribution in [3.63, 3.8) is 0 Å². The fraction of sp³-hybridized carbons (Fsp3) is 0.261. The molecule has 1 heterocycles. The van der Waals surface area contributed by atoms with Crippen LogP contribution in [0.15, 0.2) is 66.0 Å². The quantitative estimate of drug-likeness (QED) is 0.315. The minimum atomic E-state index is -0.193. The summed E-state index contributed by atoms with van der Waals surface area (Å²) in [6.45, 7) is 6.32. The van der Waals surface area contributed by atoms with Gasteiger partial charge in [-0.05, 0) is 56.0 Å². The lowest BCUT2D eigenvalue weighted by atomic mass is 10.1. The smallest absolute Gasteiger partial charge is 0.262 e. The first kappa shape index (κ1) is 21.7. The molecule has 3 rings (SSSR count). The number of hydrogen-bond donors (Lipinski definition) is 2. The van der Waals surface area contributed by atoms with Crippen molar-refractivity contribution in [1.82, 2.24) is 19.8 Å². The number of hydrogen-bond acceptors (Lipinski definition) is 4. The molecule has 0 saturated carbocycles. The second-order valence-electron chi connectivity index (χ2n) is 7.23. The summed E-state index contributed by atoms with van der Waals surface area (Å²) >= 11 is 5.25. The van der Waals surface area contributed by atoms with E-state index in [0.717, 1.165) is 19.5 Å². The minimum absolute atomic E-state index is 0.169. The van der Waals surface area contributed by atoms with Crippen molar-refractivity contribution in [2.24, 2.45) is 0 Å². The summed E-state index contributed by atoms with van der Waals surface area (Å²) < 4.78 is 1.75. The Morgan fingerprint density at radius 3 is 2.77 bits per heavy atom. The third-order valence-electron chi connectivity index (χ3n) is 4.85. The number of aromatic nitrogens is 2. The van der Waals surface area contributed by atoms with Crippen LogP contribution < -0.4 is 10.9 Å². The molecule has 156 valence electrons. The zero-order valence-corrected chi connectivity index (χ0v) is 17.9. The fourth-order valence-corrected chi connectivity index (χ4v) is 3.59. The number of H-pyrrole nitrogens is 1. The molecule has 0 atom stereocenters. The lowest BCUT2D eigenvalue weighted by Crippen LogP contribution is -2.28. The molecule has 0 saturated heterocycles. The maximum absolute atomic E-state index is 12.5. The summed E-state index contributed by atoms with van der Waals surface area (Å²) in [5, 5.41) is 3.43. The SMILES string of the molecule is C=CCn1c(=S)[nH]c2cc(C(=O)NCCCN(C)Cc3ccccc3)ccc2c1=O. The van der Waals surface area contributed by atoms with Crippen molar-refractivity contribution >= 4 is 29.0 Å². The average Bonchev–Trinajstić information content (AvgIpc) is 2.74. The Kier molecular flexibility index (Phi) is 7.32. The van der Waals surface area contributed by atoms with E-state index in [4.69, 9.17) is 12.2 Å². The van der Waals surface area contributed by atoms with Gasteiger partial charge in [0.05, 0.1) is 10.9 Å². The Morgan fingerprint density at radius 1 is 1.27 bits per heavy atom. The van der Waals surface area contributed by atoms with Gasteiger partial charge in [0.2, 0.25) is 0 Å². The van der Waals surface area contributed by atoms with E-state index < -0.39 is 0 Å². The predicted molar refractivity (Wildman–Crippen MR) is 123 cm³/mol. The van der Waals surface area contributed by atoms with E-state index >= 15 is 0 Å². The second kappa shape index (κ2) is 10.1. The van der Waals surface area contributed by atoms with E-state index in [1.807, 2.05) is 18.2 Å². The molecule has 0 unspecified atom stereocenters. The van der Waals surface area contributed by atoms with E-state index in [0.29, 0.717) is 34.3 Å². The van der Waals surface area contributed by atoms with Gasteiger partial charge < -0.3 is 15.2 Å². The van der Waals surface area contributed by atoms with Crippen LogP contribution in [0.2, 0.25) is 0 Å². The topological polar surface area (TPSA) is 70.1 Å². The molecule has 7 heteroatoms. The van der Waals surface area contributed by atoms with Crippen LogP contribution in [0, 0.1) is 4.77 Å². The van der Waals surface area contributed by atoms with Crippen LogP contribution in [-0.2, 0) is 13.1 Å². The maximum atomic E-state index is 12.5. The van der Waals surface area contributed by atoms with E-state index in [2.05, 4.69) is 41.0 Å². The van der Waals surface area contributed by atoms with Gasteiger partial charge in [0, 0.05) is 25.2 Å². The monoisotopic (exact) mass is 422 g/mol. The molecule has 0 spiro atoms. The van der Waals surface area contributed by atoms with E-state index in [1.165, 1.54) is 10.1 Å². The first-order valence-corrected chi connectivity index (χ1v) is 10.3. The van der Waals surface area contributed by atoms with Crippen molar-refractivity contribution in [3.05, 3.63) is 87.4 Å². The van der Waals surface area contributed by atoms with Crippen LogP contribution >= 0.6 is 12.2 Å². The second-order valence-corrected chi connectivity index (χ2v) is 7.61. The minimum Gasteiger partial charge on any atom is -0.352 e. The molecule has 0 aliphatic carbocycles. The molecule has 0 aliphatic heterocycles. The Hall–Kier alpha value is -3.03. The van der Waals surface area contributed by atoms with Gasteiger partial charge in [0.15, 0.2) is 4.77 Å². The van der Waals surface area contributed by atoms with Gasteiger partial charge in [0.1, 0.15) is 0 Å². The number of benzene rings is 2. The van der Waals surface area contributed by atoms with Crippen LogP contribution in [0.5, 0.6) is 0 Å². The number of carbonyl (C=O) groups excluding carboxylic acids is 1. The molecule has 0 bridgehead atoms. The summed E-state index contributed by atoms with van der Waals surface area (Å²) in [5.41, 5.74) is 2.12. The summed E-state index contributed by atoms with van der Waals surface area (Å²) in [7, 11) is 2.07. The number of allylic oxidation sites excluding steroid dienone is 1. The standard InChI is InChI=1S/C23H26N4O2S/c1-3-13-27-22(29)19-11-10-18(15-20(19)25-23(27)30)21(28)24-12-7-14-26(2)16-17-8-5-4-6-9-17/h3-6,8-11,15H,1,7,12-14,16H2,2H3,(H,24,28)(H,25,30). The summed E-state index contributed by atoms with van der Waals surface area (Å²) in [5.74, 6) is -0.169. The van der Waals surface area contributed by atoms with Crippen molar-refractivity contribution in [3.8, 4) is 0 Å². The molecule has 30 heavy (non-hydrogen) atoms. The highest BCUT2D eigenvalue weighted by molar-refractivity contribution is 7.71. The molecular formula is C23H26N4O2S. The number of fused-ring (bicyclic) bond motifs is 1. The first-order chi connectivity index (χ1) is 14.5. The highest BCUT2D eigenvalue weighted by Gasteiger charge is 2.10. The Morgan fingerprint density at radius 2 is 2.03 bits per heavy atom. The average molecular weight is 423 g/mol. The zero-order chi connectivity index (χ0) is 21.5. The third-order valence-corrected chi connectivity index (χ3v) is 5.18. The van der Waals surface area contributed by atoms with Gasteiger partial charge in [-0.25, -0.2) is 0 Å². The van der Waals surface area contributed by atoms with Crippen LogP contribution in [0.25, 0.3) is 10.9 Å². The van der Waals surface area contributed by atoms with Gasteiger partial charge in [-0.15, -0.1) is 6.58 Å². The Labute approximate surface area is 180 Å². The molecule has 3 aromatic rings. The normalized spacial score (nSPS) is 11.0. The van der Waals surface area contributed by atoms with Crippen LogP contribution in [0.4, 0.5) is 0 Å². The highest BCUT2D eigenvalue weighted by Crippen LogP contribution is 2.11. The molecule has 2 aromatic carbocycles. The number of rotatable bonds is 9. The molecule has 1 amide bonds. The largest absolute Gasteiger partial charge is 0.352 e. The van der Waals surface area contributed by atoms with Gasteiger partial charge in [-0.2, -0.15) is 0 Å². The molecule has 0 radical (unpaired) electrons. The number of nitrogens with one attached hydrogen (secondary N) is 2. The number of nitrogens with zero attached hydrogens (tertiary/aromatic N) is 2. The van der Waals surface area contributed by atoms with E-state index in [-0.39, 0.29) is 11.5 Å². The van der Waals surface area contributed by atoms with Gasteiger partial charge in [0.25, 0.3) is 11.5 Å². The van der Waals surface area contributed by atoms with E-state index in [1.54, 1.807) is 24.3 Å². The summed E-state index contributed by atoms with van der Waals surface area (Å²) in [6.07, 6.45) is 2.47. The van der Waals surface area contributed by atoms with Gasteiger partial charge >= 0.3 is 0 Å². The van der Waals surface area contributed by atoms with Crippen LogP contribution in [0.1, 0.15) is 22.3 Å². The molecular weight excluding hydrogens is 396 g/mol. The number of carbonyl (C=O) groups is 1. The van der Waals surface area contributed by atoms with Crippen molar-refractivity contribution < 1.29 is 4.79 Å². The lowest BCUT2D eigenvalue weighted by Gasteiger charge is -2.16. The van der Waals surface area contributed by atoms with E-state index in [9.17, 15) is 9.59 Å². The Bertz CT molecular complexity index is 1150.